The molecule has 3 aromatic rings. The molecule has 0 aliphatic carbocycles. The van der Waals surface area contributed by atoms with Gasteiger partial charge in [0.25, 0.3) is 15.7 Å². The fourth-order valence-corrected chi connectivity index (χ4v) is 4.63. The normalized spacial score (nSPS) is 12.9. The van der Waals surface area contributed by atoms with Crippen LogP contribution in [0.25, 0.3) is 0 Å². The number of unbranched alkanes of at least 4 members (excludes halogenated alkanes) is 1. The first kappa shape index (κ1) is 26.9. The van der Waals surface area contributed by atoms with Crippen LogP contribution in [0.1, 0.15) is 56.4 Å². The summed E-state index contributed by atoms with van der Waals surface area (Å²) in [5, 5.41) is 6.03. The van der Waals surface area contributed by atoms with Gasteiger partial charge in [0.2, 0.25) is 0 Å². The SMILES string of the molecule is Cc1ccc(S(=O)(=O)OCCCCc2ccc(C(Oc3cn[nH]c(=O)c3Cl)C(C)(C)C)cc2)cc1. The minimum atomic E-state index is -3.73. The van der Waals surface area contributed by atoms with Gasteiger partial charge in [0.15, 0.2) is 10.8 Å². The van der Waals surface area contributed by atoms with Crippen molar-refractivity contribution in [2.24, 2.45) is 5.41 Å². The number of nitrogens with one attached hydrogen (secondary N) is 1. The monoisotopic (exact) mass is 518 g/mol. The Hall–Kier alpha value is -2.68. The number of aryl methyl sites for hydroxylation is 2. The van der Waals surface area contributed by atoms with Crippen LogP contribution in [0.15, 0.2) is 64.4 Å². The maximum absolute atomic E-state index is 12.3. The van der Waals surface area contributed by atoms with E-state index in [2.05, 4.69) is 10.2 Å². The molecule has 7 nitrogen and oxygen atoms in total. The summed E-state index contributed by atoms with van der Waals surface area (Å²) in [7, 11) is -3.73. The Morgan fingerprint density at radius 3 is 2.31 bits per heavy atom. The van der Waals surface area contributed by atoms with E-state index in [0.29, 0.717) is 6.42 Å². The molecule has 0 aliphatic heterocycles. The van der Waals surface area contributed by atoms with Crippen LogP contribution < -0.4 is 10.3 Å². The lowest BCUT2D eigenvalue weighted by Crippen LogP contribution is -2.25. The van der Waals surface area contributed by atoms with Crippen LogP contribution in [0.3, 0.4) is 0 Å². The lowest BCUT2D eigenvalue weighted by atomic mass is 9.84. The van der Waals surface area contributed by atoms with Crippen LogP contribution in [-0.2, 0) is 20.7 Å². The van der Waals surface area contributed by atoms with Crippen LogP contribution in [0.2, 0.25) is 5.02 Å². The zero-order chi connectivity index (χ0) is 25.6. The van der Waals surface area contributed by atoms with Gasteiger partial charge in [0.1, 0.15) is 6.10 Å². The van der Waals surface area contributed by atoms with Crippen molar-refractivity contribution in [1.82, 2.24) is 10.2 Å². The molecule has 0 aliphatic rings. The van der Waals surface area contributed by atoms with Crippen molar-refractivity contribution in [1.29, 1.82) is 0 Å². The zero-order valence-electron chi connectivity index (χ0n) is 20.4. The van der Waals surface area contributed by atoms with Gasteiger partial charge in [-0.3, -0.25) is 8.98 Å². The van der Waals surface area contributed by atoms with Crippen LogP contribution in [0, 0.1) is 12.3 Å². The first-order chi connectivity index (χ1) is 16.5. The number of aromatic amines is 1. The molecule has 1 atom stereocenters. The van der Waals surface area contributed by atoms with Gasteiger partial charge < -0.3 is 4.74 Å². The molecule has 1 N–H and O–H groups in total. The largest absolute Gasteiger partial charge is 0.482 e. The highest BCUT2D eigenvalue weighted by molar-refractivity contribution is 7.86. The Labute approximate surface area is 211 Å². The highest BCUT2D eigenvalue weighted by atomic mass is 35.5. The summed E-state index contributed by atoms with van der Waals surface area (Å²) in [6, 6.07) is 14.7. The number of hydrogen-bond donors (Lipinski definition) is 1. The number of nitrogens with zero attached hydrogens (tertiary/aromatic N) is 1. The molecule has 0 amide bonds. The number of aromatic nitrogens is 2. The molecule has 1 heterocycles. The quantitative estimate of drug-likeness (QED) is 0.276. The van der Waals surface area contributed by atoms with Crippen LogP contribution in [-0.4, -0.2) is 25.2 Å². The number of halogens is 1. The van der Waals surface area contributed by atoms with Gasteiger partial charge in [-0.1, -0.05) is 74.3 Å². The average Bonchev–Trinajstić information content (AvgIpc) is 2.80. The van der Waals surface area contributed by atoms with E-state index in [4.69, 9.17) is 20.5 Å². The molecule has 0 saturated carbocycles. The van der Waals surface area contributed by atoms with Crippen LogP contribution in [0.4, 0.5) is 0 Å². The molecule has 0 bridgehead atoms. The number of benzene rings is 2. The Balaban J connectivity index is 1.56. The Bertz CT molecular complexity index is 1280. The predicted molar refractivity (Wildman–Crippen MR) is 136 cm³/mol. The van der Waals surface area contributed by atoms with E-state index in [1.807, 2.05) is 52.0 Å². The summed E-state index contributed by atoms with van der Waals surface area (Å²) in [5.41, 5.74) is 2.30. The minimum absolute atomic E-state index is 0.0301. The third-order valence-corrected chi connectivity index (χ3v) is 7.17. The lowest BCUT2D eigenvalue weighted by Gasteiger charge is -2.31. The van der Waals surface area contributed by atoms with Gasteiger partial charge in [-0.2, -0.15) is 13.5 Å². The van der Waals surface area contributed by atoms with E-state index in [0.717, 1.165) is 29.5 Å². The van der Waals surface area contributed by atoms with Crippen molar-refractivity contribution in [2.45, 2.75) is 58.0 Å². The standard InChI is InChI=1S/C26H31ClN2O5S/c1-18-8-14-21(15-9-18)35(31,32)33-16-6-5-7-19-10-12-20(13-11-19)24(26(2,3)4)34-22-17-28-29-25(30)23(22)27/h8-15,17,24H,5-7,16H2,1-4H3,(H,29,30). The van der Waals surface area contributed by atoms with E-state index in [1.54, 1.807) is 24.3 Å². The molecule has 188 valence electrons. The highest BCUT2D eigenvalue weighted by Gasteiger charge is 2.29. The molecule has 35 heavy (non-hydrogen) atoms. The summed E-state index contributed by atoms with van der Waals surface area (Å²) in [6.07, 6.45) is 3.25. The molecule has 3 rings (SSSR count). The molecular weight excluding hydrogens is 488 g/mol. The van der Waals surface area contributed by atoms with Crippen molar-refractivity contribution < 1.29 is 17.3 Å². The Kier molecular flexibility index (Phi) is 8.74. The first-order valence-electron chi connectivity index (χ1n) is 11.4. The van der Waals surface area contributed by atoms with Crippen molar-refractivity contribution in [2.75, 3.05) is 6.61 Å². The van der Waals surface area contributed by atoms with E-state index >= 15 is 0 Å². The van der Waals surface area contributed by atoms with Gasteiger partial charge in [-0.25, -0.2) is 5.10 Å². The molecule has 9 heteroatoms. The smallest absolute Gasteiger partial charge is 0.296 e. The minimum Gasteiger partial charge on any atom is -0.482 e. The van der Waals surface area contributed by atoms with E-state index in [9.17, 15) is 13.2 Å². The summed E-state index contributed by atoms with van der Waals surface area (Å²) < 4.78 is 35.8. The number of ether oxygens (including phenoxy) is 1. The molecule has 0 fully saturated rings. The topological polar surface area (TPSA) is 98.3 Å². The predicted octanol–water partition coefficient (Wildman–Crippen LogP) is 5.63. The molecule has 1 unspecified atom stereocenters. The zero-order valence-corrected chi connectivity index (χ0v) is 21.9. The molecule has 0 radical (unpaired) electrons. The first-order valence-corrected chi connectivity index (χ1v) is 13.2. The third kappa shape index (κ3) is 7.40. The van der Waals surface area contributed by atoms with Crippen molar-refractivity contribution in [3.63, 3.8) is 0 Å². The number of rotatable bonds is 10. The van der Waals surface area contributed by atoms with Gasteiger partial charge >= 0.3 is 0 Å². The van der Waals surface area contributed by atoms with Crippen LogP contribution in [0.5, 0.6) is 5.75 Å². The number of hydrogen-bond acceptors (Lipinski definition) is 6. The van der Waals surface area contributed by atoms with Crippen LogP contribution >= 0.6 is 11.6 Å². The van der Waals surface area contributed by atoms with Crippen molar-refractivity contribution in [3.8, 4) is 5.75 Å². The molecular formula is C26H31ClN2O5S. The fraction of sp³-hybridized carbons (Fsp3) is 0.385. The Morgan fingerprint density at radius 2 is 1.69 bits per heavy atom. The Morgan fingerprint density at radius 1 is 1.03 bits per heavy atom. The molecule has 2 aromatic carbocycles. The summed E-state index contributed by atoms with van der Waals surface area (Å²) >= 11 is 6.10. The summed E-state index contributed by atoms with van der Waals surface area (Å²) in [4.78, 5) is 11.9. The average molecular weight is 519 g/mol. The van der Waals surface area contributed by atoms with Gasteiger partial charge in [0.05, 0.1) is 17.7 Å². The van der Waals surface area contributed by atoms with Crippen molar-refractivity contribution in [3.05, 3.63) is 86.8 Å². The van der Waals surface area contributed by atoms with E-state index in [1.165, 1.54) is 6.20 Å². The third-order valence-electron chi connectivity index (χ3n) is 5.49. The van der Waals surface area contributed by atoms with Crippen molar-refractivity contribution >= 4 is 21.7 Å². The maximum atomic E-state index is 12.3. The van der Waals surface area contributed by atoms with Gasteiger partial charge in [-0.05, 0) is 49.4 Å². The lowest BCUT2D eigenvalue weighted by molar-refractivity contribution is 0.0862. The van der Waals surface area contributed by atoms with Gasteiger partial charge in [-0.15, -0.1) is 0 Å². The van der Waals surface area contributed by atoms with E-state index in [-0.39, 0.29) is 33.8 Å². The van der Waals surface area contributed by atoms with Gasteiger partial charge in [0, 0.05) is 5.41 Å². The summed E-state index contributed by atoms with van der Waals surface area (Å²) in [6.45, 7) is 8.18. The second-order valence-electron chi connectivity index (χ2n) is 9.53. The van der Waals surface area contributed by atoms with E-state index < -0.39 is 15.7 Å². The molecule has 1 aromatic heterocycles. The second kappa shape index (κ2) is 11.4. The molecule has 0 spiro atoms. The second-order valence-corrected chi connectivity index (χ2v) is 11.5. The summed E-state index contributed by atoms with van der Waals surface area (Å²) in [5.74, 6) is 0.236. The maximum Gasteiger partial charge on any atom is 0.296 e. The number of H-pyrrole nitrogens is 1. The highest BCUT2D eigenvalue weighted by Crippen LogP contribution is 2.38. The molecule has 0 saturated heterocycles. The fourth-order valence-electron chi connectivity index (χ4n) is 3.55.